The van der Waals surface area contributed by atoms with Crippen LogP contribution >= 0.6 is 0 Å². The molecule has 0 aliphatic rings. The highest BCUT2D eigenvalue weighted by molar-refractivity contribution is 5.89. The Morgan fingerprint density at radius 1 is 0.444 bits per heavy atom. The number of rotatable bonds is 3. The molecule has 0 fully saturated rings. The van der Waals surface area contributed by atoms with E-state index in [0.717, 1.165) is 50.9 Å². The normalized spacial score (nSPS) is 11.8. The van der Waals surface area contributed by atoms with Crippen molar-refractivity contribution in [3.63, 3.8) is 0 Å². The van der Waals surface area contributed by atoms with Crippen LogP contribution in [0.25, 0.3) is 55.1 Å². The van der Waals surface area contributed by atoms with E-state index in [2.05, 4.69) is 71.7 Å². The molecule has 6 aromatic rings. The molecule has 0 atom stereocenters. The lowest BCUT2D eigenvalue weighted by Crippen LogP contribution is -2.03. The fraction of sp³-hybridized carbons (Fsp3) is 0.0312. The Kier molecular flexibility index (Phi) is 5.30. The van der Waals surface area contributed by atoms with Gasteiger partial charge in [0.2, 0.25) is 0 Å². The fourth-order valence-electron chi connectivity index (χ4n) is 4.53. The molecular weight excluding hydrogens is 455 g/mol. The third-order valence-electron chi connectivity index (χ3n) is 6.53. The first-order chi connectivity index (χ1) is 17.4. The van der Waals surface area contributed by atoms with Crippen molar-refractivity contribution in [3.8, 4) is 33.4 Å². The van der Waals surface area contributed by atoms with Crippen LogP contribution in [0.15, 0.2) is 121 Å². The average Bonchev–Trinajstić information content (AvgIpc) is 2.92. The number of hydrogen-bond acceptors (Lipinski definition) is 1. The number of fused-ring (bicyclic) bond motifs is 2. The van der Waals surface area contributed by atoms with Crippen LogP contribution in [0.3, 0.4) is 0 Å². The van der Waals surface area contributed by atoms with E-state index < -0.39 is 11.7 Å². The highest BCUT2D eigenvalue weighted by Gasteiger charge is 2.29. The van der Waals surface area contributed by atoms with Gasteiger partial charge in [-0.25, -0.2) is 0 Å². The largest absolute Gasteiger partial charge is 0.416 e. The maximum absolute atomic E-state index is 12.9. The zero-order valence-corrected chi connectivity index (χ0v) is 19.1. The third-order valence-corrected chi connectivity index (χ3v) is 6.53. The lowest BCUT2D eigenvalue weighted by atomic mass is 9.98. The zero-order valence-electron chi connectivity index (χ0n) is 19.1. The Hall–Kier alpha value is -4.44. The Balaban J connectivity index is 1.27. The molecule has 0 aliphatic heterocycles. The minimum Gasteiger partial charge on any atom is -0.256 e. The smallest absolute Gasteiger partial charge is 0.256 e. The van der Waals surface area contributed by atoms with Crippen molar-refractivity contribution in [2.45, 2.75) is 6.18 Å². The van der Waals surface area contributed by atoms with Gasteiger partial charge >= 0.3 is 6.18 Å². The predicted molar refractivity (Wildman–Crippen MR) is 141 cm³/mol. The fourth-order valence-corrected chi connectivity index (χ4v) is 4.53. The number of alkyl halides is 3. The van der Waals surface area contributed by atoms with Crippen LogP contribution in [0, 0.1) is 0 Å². The van der Waals surface area contributed by atoms with Gasteiger partial charge in [0, 0.05) is 17.1 Å². The second kappa shape index (κ2) is 8.65. The molecule has 1 nitrogen and oxygen atoms in total. The van der Waals surface area contributed by atoms with Crippen LogP contribution in [0.4, 0.5) is 13.2 Å². The van der Waals surface area contributed by atoms with E-state index in [1.54, 1.807) is 0 Å². The molecule has 0 unspecified atom stereocenters. The summed E-state index contributed by atoms with van der Waals surface area (Å²) in [5.74, 6) is 0. The molecule has 0 saturated heterocycles. The molecule has 0 radical (unpaired) electrons. The highest BCUT2D eigenvalue weighted by atomic mass is 19.4. The molecule has 4 heteroatoms. The second-order valence-corrected chi connectivity index (χ2v) is 8.85. The first kappa shape index (κ1) is 22.1. The van der Waals surface area contributed by atoms with Gasteiger partial charge in [-0.2, -0.15) is 13.2 Å². The summed E-state index contributed by atoms with van der Waals surface area (Å²) in [4.78, 5) is 4.64. The summed E-state index contributed by atoms with van der Waals surface area (Å²) in [5, 5.41) is 3.41. The second-order valence-electron chi connectivity index (χ2n) is 8.85. The number of aromatic nitrogens is 1. The van der Waals surface area contributed by atoms with Crippen molar-refractivity contribution < 1.29 is 13.2 Å². The van der Waals surface area contributed by atoms with Crippen LogP contribution < -0.4 is 0 Å². The summed E-state index contributed by atoms with van der Waals surface area (Å²) in [7, 11) is 0. The van der Waals surface area contributed by atoms with Gasteiger partial charge in [-0.3, -0.25) is 4.98 Å². The average molecular weight is 476 g/mol. The Morgan fingerprint density at radius 3 is 1.61 bits per heavy atom. The van der Waals surface area contributed by atoms with Crippen molar-refractivity contribution in [2.75, 3.05) is 0 Å². The standard InChI is InChI=1S/C32H20F3N/c33-32(34,35)30-15-13-23(14-16-30)27-11-12-28-18-29(20-36-31(28)19-27)24-7-5-22(6-8-24)26-10-9-21-3-1-2-4-25(21)17-26/h1-20H. The van der Waals surface area contributed by atoms with E-state index in [9.17, 15) is 13.2 Å². The molecule has 0 bridgehead atoms. The van der Waals surface area contributed by atoms with Gasteiger partial charge in [0.15, 0.2) is 0 Å². The summed E-state index contributed by atoms with van der Waals surface area (Å²) in [6, 6.07) is 36.3. The van der Waals surface area contributed by atoms with E-state index in [1.165, 1.54) is 28.5 Å². The van der Waals surface area contributed by atoms with Crippen LogP contribution in [0.1, 0.15) is 5.56 Å². The van der Waals surface area contributed by atoms with Gasteiger partial charge in [0.1, 0.15) is 0 Å². The van der Waals surface area contributed by atoms with Crippen molar-refractivity contribution in [1.29, 1.82) is 0 Å². The van der Waals surface area contributed by atoms with Gasteiger partial charge in [-0.1, -0.05) is 84.9 Å². The quantitative estimate of drug-likeness (QED) is 0.248. The maximum Gasteiger partial charge on any atom is 0.416 e. The Morgan fingerprint density at radius 2 is 0.944 bits per heavy atom. The van der Waals surface area contributed by atoms with Crippen LogP contribution in [0.5, 0.6) is 0 Å². The monoisotopic (exact) mass is 475 g/mol. The number of benzene rings is 5. The van der Waals surface area contributed by atoms with Gasteiger partial charge in [0.05, 0.1) is 11.1 Å². The number of halogens is 3. The van der Waals surface area contributed by atoms with Gasteiger partial charge in [-0.05, 0) is 68.9 Å². The minimum absolute atomic E-state index is 0.651. The molecule has 0 N–H and O–H groups in total. The summed E-state index contributed by atoms with van der Waals surface area (Å²) in [6.45, 7) is 0. The first-order valence-corrected chi connectivity index (χ1v) is 11.6. The van der Waals surface area contributed by atoms with E-state index in [-0.39, 0.29) is 0 Å². The molecule has 5 aromatic carbocycles. The SMILES string of the molecule is FC(F)(F)c1ccc(-c2ccc3cc(-c4ccc(-c5ccc6ccccc6c5)cc4)cnc3c2)cc1. The summed E-state index contributed by atoms with van der Waals surface area (Å²) >= 11 is 0. The molecule has 0 spiro atoms. The zero-order chi connectivity index (χ0) is 24.7. The number of nitrogens with zero attached hydrogens (tertiary/aromatic N) is 1. The summed E-state index contributed by atoms with van der Waals surface area (Å²) in [6.07, 6.45) is -2.50. The molecule has 0 amide bonds. The third kappa shape index (κ3) is 4.22. The topological polar surface area (TPSA) is 12.9 Å². The molecule has 36 heavy (non-hydrogen) atoms. The molecular formula is C32H20F3N. The van der Waals surface area contributed by atoms with Crippen LogP contribution in [-0.4, -0.2) is 4.98 Å². The minimum atomic E-state index is -4.34. The van der Waals surface area contributed by atoms with E-state index in [1.807, 2.05) is 30.5 Å². The van der Waals surface area contributed by atoms with Crippen molar-refractivity contribution in [1.82, 2.24) is 4.98 Å². The van der Waals surface area contributed by atoms with Crippen LogP contribution in [-0.2, 0) is 6.18 Å². The van der Waals surface area contributed by atoms with Gasteiger partial charge < -0.3 is 0 Å². The first-order valence-electron chi connectivity index (χ1n) is 11.6. The molecule has 0 aliphatic carbocycles. The van der Waals surface area contributed by atoms with Gasteiger partial charge in [0.25, 0.3) is 0 Å². The molecule has 174 valence electrons. The van der Waals surface area contributed by atoms with Crippen LogP contribution in [0.2, 0.25) is 0 Å². The predicted octanol–water partition coefficient (Wildman–Crippen LogP) is 9.41. The Bertz CT molecular complexity index is 1700. The van der Waals surface area contributed by atoms with Gasteiger partial charge in [-0.15, -0.1) is 0 Å². The molecule has 1 aromatic heterocycles. The van der Waals surface area contributed by atoms with E-state index >= 15 is 0 Å². The molecule has 1 heterocycles. The lowest BCUT2D eigenvalue weighted by Gasteiger charge is -2.09. The summed E-state index contributed by atoms with van der Waals surface area (Å²) < 4.78 is 38.6. The Labute approximate surface area is 206 Å². The van der Waals surface area contributed by atoms with Crippen molar-refractivity contribution >= 4 is 21.7 Å². The summed E-state index contributed by atoms with van der Waals surface area (Å²) in [5.41, 5.74) is 6.10. The molecule has 6 rings (SSSR count). The van der Waals surface area contributed by atoms with Crippen molar-refractivity contribution in [2.24, 2.45) is 0 Å². The maximum atomic E-state index is 12.9. The molecule has 0 saturated carbocycles. The van der Waals surface area contributed by atoms with E-state index in [4.69, 9.17) is 0 Å². The van der Waals surface area contributed by atoms with Crippen molar-refractivity contribution in [3.05, 3.63) is 127 Å². The lowest BCUT2D eigenvalue weighted by molar-refractivity contribution is -0.137. The number of pyridine rings is 1. The van der Waals surface area contributed by atoms with E-state index in [0.29, 0.717) is 0 Å². The number of hydrogen-bond donors (Lipinski definition) is 0. The highest BCUT2D eigenvalue weighted by Crippen LogP contribution is 2.33.